The van der Waals surface area contributed by atoms with Crippen molar-refractivity contribution < 1.29 is 14.4 Å². The van der Waals surface area contributed by atoms with E-state index in [4.69, 9.17) is 0 Å². The van der Waals surface area contributed by atoms with Crippen LogP contribution in [0.1, 0.15) is 31.1 Å². The highest BCUT2D eigenvalue weighted by Crippen LogP contribution is 2.29. The van der Waals surface area contributed by atoms with Crippen molar-refractivity contribution in [3.8, 4) is 0 Å². The first kappa shape index (κ1) is 11.3. The fourth-order valence-electron chi connectivity index (χ4n) is 2.35. The third-order valence-corrected chi connectivity index (χ3v) is 3.18. The molecule has 4 heteroatoms. The highest BCUT2D eigenvalue weighted by molar-refractivity contribution is 6.30. The zero-order valence-corrected chi connectivity index (χ0v) is 9.90. The van der Waals surface area contributed by atoms with Crippen LogP contribution in [0.15, 0.2) is 43.0 Å². The Morgan fingerprint density at radius 2 is 1.89 bits per heavy atom. The minimum atomic E-state index is -0.532. The third-order valence-electron chi connectivity index (χ3n) is 3.18. The van der Waals surface area contributed by atoms with Crippen LogP contribution in [0.5, 0.6) is 0 Å². The predicted molar refractivity (Wildman–Crippen MR) is 70.3 cm³/mol. The molecule has 0 aromatic heterocycles. The van der Waals surface area contributed by atoms with Crippen molar-refractivity contribution in [2.75, 3.05) is 0 Å². The summed E-state index contributed by atoms with van der Waals surface area (Å²) in [6.07, 6.45) is 1.15. The smallest absolute Gasteiger partial charge is 0.259 e. The number of hydrogen-bond acceptors (Lipinski definition) is 3. The third kappa shape index (κ3) is 1.50. The Morgan fingerprint density at radius 3 is 2.63 bits per heavy atom. The van der Waals surface area contributed by atoms with Crippen LogP contribution in [0.2, 0.25) is 0 Å². The molecular weight excluding hydrogens is 242 g/mol. The second kappa shape index (κ2) is 3.88. The molecule has 2 amide bonds. The van der Waals surface area contributed by atoms with Gasteiger partial charge in [0, 0.05) is 5.56 Å². The molecule has 2 aromatic carbocycles. The average Bonchev–Trinajstić information content (AvgIpc) is 2.70. The fraction of sp³-hybridized carbons (Fsp3) is 0. The molecule has 0 saturated carbocycles. The molecule has 0 bridgehead atoms. The van der Waals surface area contributed by atoms with Crippen LogP contribution < -0.4 is 5.32 Å². The first-order chi connectivity index (χ1) is 9.13. The molecule has 4 nitrogen and oxygen atoms in total. The van der Waals surface area contributed by atoms with E-state index in [0.29, 0.717) is 5.39 Å². The molecule has 2 aromatic rings. The van der Waals surface area contributed by atoms with Crippen LogP contribution >= 0.6 is 0 Å². The Balaban J connectivity index is 2.52. The Kier molecular flexibility index (Phi) is 2.32. The highest BCUT2D eigenvalue weighted by atomic mass is 16.2. The molecular formula is C15H9NO3. The topological polar surface area (TPSA) is 63.2 Å². The van der Waals surface area contributed by atoms with Gasteiger partial charge in [-0.2, -0.15) is 0 Å². The number of carbonyl (C=O) groups is 3. The molecule has 92 valence electrons. The number of fused-ring (bicyclic) bond motifs is 2. The van der Waals surface area contributed by atoms with Crippen molar-refractivity contribution in [2.24, 2.45) is 0 Å². The fourth-order valence-corrected chi connectivity index (χ4v) is 2.35. The number of ketones is 1. The van der Waals surface area contributed by atoms with Crippen LogP contribution in [0.4, 0.5) is 0 Å². The Labute approximate surface area is 108 Å². The van der Waals surface area contributed by atoms with Gasteiger partial charge in [0.2, 0.25) is 0 Å². The molecule has 0 atom stereocenters. The Hall–Kier alpha value is -2.75. The molecule has 0 fully saturated rings. The number of allylic oxidation sites excluding steroid dienone is 1. The molecule has 1 heterocycles. The van der Waals surface area contributed by atoms with E-state index in [1.807, 2.05) is 6.07 Å². The first-order valence-corrected chi connectivity index (χ1v) is 5.71. The van der Waals surface area contributed by atoms with Gasteiger partial charge in [-0.3, -0.25) is 19.7 Å². The number of hydrogen-bond donors (Lipinski definition) is 1. The van der Waals surface area contributed by atoms with Gasteiger partial charge in [0.05, 0.1) is 11.1 Å². The van der Waals surface area contributed by atoms with E-state index in [1.165, 1.54) is 0 Å². The quantitative estimate of drug-likeness (QED) is 0.505. The summed E-state index contributed by atoms with van der Waals surface area (Å²) in [5, 5.41) is 3.61. The minimum absolute atomic E-state index is 0.147. The summed E-state index contributed by atoms with van der Waals surface area (Å²) in [7, 11) is 0. The Bertz CT molecular complexity index is 774. The van der Waals surface area contributed by atoms with Crippen molar-refractivity contribution in [1.29, 1.82) is 0 Å². The zero-order valence-electron chi connectivity index (χ0n) is 9.90. The number of benzene rings is 2. The molecule has 0 saturated heterocycles. The minimum Gasteiger partial charge on any atom is -0.289 e. The van der Waals surface area contributed by atoms with E-state index < -0.39 is 11.8 Å². The molecule has 0 radical (unpaired) electrons. The molecule has 0 aliphatic carbocycles. The molecule has 0 spiro atoms. The summed E-state index contributed by atoms with van der Waals surface area (Å²) in [6.45, 7) is 3.45. The lowest BCUT2D eigenvalue weighted by atomic mass is 9.92. The van der Waals surface area contributed by atoms with Gasteiger partial charge in [0.25, 0.3) is 11.8 Å². The van der Waals surface area contributed by atoms with Crippen molar-refractivity contribution in [3.05, 3.63) is 59.7 Å². The van der Waals surface area contributed by atoms with Crippen LogP contribution in [-0.4, -0.2) is 17.6 Å². The van der Waals surface area contributed by atoms with Gasteiger partial charge >= 0.3 is 0 Å². The second-order valence-electron chi connectivity index (χ2n) is 4.25. The van der Waals surface area contributed by atoms with E-state index in [0.717, 1.165) is 11.5 Å². The van der Waals surface area contributed by atoms with E-state index in [1.54, 1.807) is 24.3 Å². The van der Waals surface area contributed by atoms with Gasteiger partial charge in [-0.15, -0.1) is 0 Å². The maximum Gasteiger partial charge on any atom is 0.259 e. The summed E-state index contributed by atoms with van der Waals surface area (Å²) in [5.74, 6) is -1.36. The number of nitrogens with one attached hydrogen (secondary N) is 1. The van der Waals surface area contributed by atoms with Crippen LogP contribution in [0, 0.1) is 0 Å². The largest absolute Gasteiger partial charge is 0.289 e. The molecule has 1 aliphatic rings. The van der Waals surface area contributed by atoms with Gasteiger partial charge in [-0.1, -0.05) is 30.8 Å². The normalized spacial score (nSPS) is 13.3. The monoisotopic (exact) mass is 251 g/mol. The summed E-state index contributed by atoms with van der Waals surface area (Å²) in [4.78, 5) is 35.6. The lowest BCUT2D eigenvalue weighted by molar-refractivity contribution is 0.0876. The predicted octanol–water partition coefficient (Wildman–Crippen LogP) is 2.09. The molecule has 3 rings (SSSR count). The van der Waals surface area contributed by atoms with Crippen LogP contribution in [0.25, 0.3) is 10.8 Å². The lowest BCUT2D eigenvalue weighted by Crippen LogP contribution is -2.20. The summed E-state index contributed by atoms with van der Waals surface area (Å²) in [5.41, 5.74) is 0.633. The van der Waals surface area contributed by atoms with Gasteiger partial charge in [-0.05, 0) is 22.9 Å². The van der Waals surface area contributed by atoms with Crippen molar-refractivity contribution in [2.45, 2.75) is 0 Å². The molecule has 1 N–H and O–H groups in total. The van der Waals surface area contributed by atoms with E-state index >= 15 is 0 Å². The highest BCUT2D eigenvalue weighted by Gasteiger charge is 2.32. The van der Waals surface area contributed by atoms with Gasteiger partial charge in [0.1, 0.15) is 0 Å². The summed E-state index contributed by atoms with van der Waals surface area (Å²) in [6, 6.07) is 8.77. The Morgan fingerprint density at radius 1 is 1.16 bits per heavy atom. The number of amides is 2. The molecule has 19 heavy (non-hydrogen) atoms. The lowest BCUT2D eigenvalue weighted by Gasteiger charge is -2.07. The number of carbonyl (C=O) groups excluding carboxylic acids is 3. The van der Waals surface area contributed by atoms with Gasteiger partial charge < -0.3 is 0 Å². The SMILES string of the molecule is C=CC(=O)c1c2c(cc3ccccc13)C(=O)NC2=O. The molecule has 1 aliphatic heterocycles. The van der Waals surface area contributed by atoms with Crippen LogP contribution in [-0.2, 0) is 0 Å². The maximum atomic E-state index is 12.0. The standard InChI is InChI=1S/C15H9NO3/c1-2-11(17)12-9-6-4-3-5-8(9)7-10-13(12)15(19)16-14(10)18/h2-7H,1H2,(H,16,18,19). The average molecular weight is 251 g/mol. The van der Waals surface area contributed by atoms with E-state index in [9.17, 15) is 14.4 Å². The maximum absolute atomic E-state index is 12.0. The van der Waals surface area contributed by atoms with Crippen molar-refractivity contribution >= 4 is 28.4 Å². The second-order valence-corrected chi connectivity index (χ2v) is 4.25. The van der Waals surface area contributed by atoms with Gasteiger partial charge in [0.15, 0.2) is 5.78 Å². The van der Waals surface area contributed by atoms with E-state index in [2.05, 4.69) is 11.9 Å². The van der Waals surface area contributed by atoms with Crippen LogP contribution in [0.3, 0.4) is 0 Å². The number of rotatable bonds is 2. The van der Waals surface area contributed by atoms with E-state index in [-0.39, 0.29) is 22.5 Å². The number of imide groups is 1. The first-order valence-electron chi connectivity index (χ1n) is 5.71. The molecule has 0 unspecified atom stereocenters. The zero-order chi connectivity index (χ0) is 13.6. The van der Waals surface area contributed by atoms with Gasteiger partial charge in [-0.25, -0.2) is 0 Å². The summed E-state index contributed by atoms with van der Waals surface area (Å²) >= 11 is 0. The van der Waals surface area contributed by atoms with Crippen molar-refractivity contribution in [1.82, 2.24) is 5.32 Å². The van der Waals surface area contributed by atoms with Crippen molar-refractivity contribution in [3.63, 3.8) is 0 Å². The summed E-state index contributed by atoms with van der Waals surface area (Å²) < 4.78 is 0.